The van der Waals surface area contributed by atoms with Gasteiger partial charge in [0.25, 0.3) is 5.56 Å². The highest BCUT2D eigenvalue weighted by molar-refractivity contribution is 5.84. The van der Waals surface area contributed by atoms with Gasteiger partial charge in [-0.25, -0.2) is 0 Å². The summed E-state index contributed by atoms with van der Waals surface area (Å²) in [5, 5.41) is 4.24. The molecule has 0 aliphatic heterocycles. The third-order valence-corrected chi connectivity index (χ3v) is 2.97. The number of carbonyl (C=O) groups is 1. The number of fused-ring (bicyclic) bond motifs is 3. The first-order valence-corrected chi connectivity index (χ1v) is 5.92. The molecule has 3 aromatic rings. The van der Waals surface area contributed by atoms with Crippen molar-refractivity contribution in [2.45, 2.75) is 20.4 Å². The minimum absolute atomic E-state index is 0.00178. The predicted molar refractivity (Wildman–Crippen MR) is 70.2 cm³/mol. The first kappa shape index (κ1) is 11.6. The van der Waals surface area contributed by atoms with Crippen molar-refractivity contribution < 1.29 is 4.79 Å². The quantitative estimate of drug-likeness (QED) is 0.684. The Morgan fingerprint density at radius 1 is 1.26 bits per heavy atom. The van der Waals surface area contributed by atoms with E-state index in [0.29, 0.717) is 11.5 Å². The third kappa shape index (κ3) is 1.72. The topological polar surface area (TPSA) is 69.3 Å². The average molecular weight is 256 g/mol. The third-order valence-electron chi connectivity index (χ3n) is 2.97. The van der Waals surface area contributed by atoms with Gasteiger partial charge in [0.05, 0.1) is 17.6 Å². The molecule has 0 N–H and O–H groups in total. The van der Waals surface area contributed by atoms with Crippen molar-refractivity contribution in [3.63, 3.8) is 0 Å². The number of carbonyl (C=O) groups excluding carboxylic acids is 1. The number of nitrogens with zero attached hydrogens (tertiary/aromatic N) is 4. The van der Waals surface area contributed by atoms with Gasteiger partial charge in [0.1, 0.15) is 11.5 Å². The van der Waals surface area contributed by atoms with Crippen molar-refractivity contribution in [2.24, 2.45) is 0 Å². The Morgan fingerprint density at radius 2 is 1.95 bits per heavy atom. The first-order valence-electron chi connectivity index (χ1n) is 5.92. The molecule has 0 saturated heterocycles. The van der Waals surface area contributed by atoms with Gasteiger partial charge in [-0.3, -0.25) is 9.59 Å². The van der Waals surface area contributed by atoms with Gasteiger partial charge in [0.2, 0.25) is 5.78 Å². The van der Waals surface area contributed by atoms with Gasteiger partial charge in [-0.15, -0.1) is 0 Å². The van der Waals surface area contributed by atoms with Crippen LogP contribution in [0.25, 0.3) is 16.8 Å². The number of hydrogen-bond donors (Lipinski definition) is 0. The van der Waals surface area contributed by atoms with Crippen LogP contribution in [0.1, 0.15) is 12.6 Å². The summed E-state index contributed by atoms with van der Waals surface area (Å²) in [6.45, 7) is 3.30. The number of hydrogen-bond acceptors (Lipinski definition) is 4. The maximum absolute atomic E-state index is 11.7. The summed E-state index contributed by atoms with van der Waals surface area (Å²) in [6.07, 6.45) is 0. The van der Waals surface area contributed by atoms with Crippen LogP contribution < -0.4 is 5.56 Å². The second kappa shape index (κ2) is 4.01. The number of Topliss-reactive ketones (excluding diaryl/α,β-unsaturated/α-hetero) is 1. The van der Waals surface area contributed by atoms with E-state index in [0.717, 1.165) is 11.0 Å². The van der Waals surface area contributed by atoms with E-state index in [4.69, 9.17) is 0 Å². The molecule has 0 radical (unpaired) electrons. The normalized spacial score (nSPS) is 11.3. The predicted octanol–water partition coefficient (Wildman–Crippen LogP) is 0.942. The van der Waals surface area contributed by atoms with Crippen molar-refractivity contribution >= 4 is 22.6 Å². The monoisotopic (exact) mass is 256 g/mol. The summed E-state index contributed by atoms with van der Waals surface area (Å²) in [5.74, 6) is 0.394. The molecular formula is C13H12N4O2. The molecule has 0 bridgehead atoms. The number of aromatic nitrogens is 4. The molecule has 0 amide bonds. The van der Waals surface area contributed by atoms with E-state index < -0.39 is 0 Å². The minimum Gasteiger partial charge on any atom is -0.301 e. The maximum Gasteiger partial charge on any atom is 0.296 e. The van der Waals surface area contributed by atoms with E-state index in [9.17, 15) is 9.59 Å². The van der Waals surface area contributed by atoms with E-state index in [1.165, 1.54) is 6.92 Å². The number of rotatable bonds is 2. The number of aryl methyl sites for hydroxylation is 1. The largest absolute Gasteiger partial charge is 0.301 e. The summed E-state index contributed by atoms with van der Waals surface area (Å²) < 4.78 is 3.32. The molecule has 0 atom stereocenters. The highest BCUT2D eigenvalue weighted by atomic mass is 16.1. The molecule has 0 aliphatic rings. The molecule has 19 heavy (non-hydrogen) atoms. The molecule has 2 heterocycles. The minimum atomic E-state index is -0.368. The Labute approximate surface area is 108 Å². The molecule has 0 unspecified atom stereocenters. The molecule has 96 valence electrons. The fourth-order valence-electron chi connectivity index (χ4n) is 2.15. The molecule has 2 aromatic heterocycles. The fraction of sp³-hybridized carbons (Fsp3) is 0.231. The van der Waals surface area contributed by atoms with E-state index >= 15 is 0 Å². The lowest BCUT2D eigenvalue weighted by molar-refractivity contribution is -0.117. The van der Waals surface area contributed by atoms with E-state index in [-0.39, 0.29) is 17.9 Å². The smallest absolute Gasteiger partial charge is 0.296 e. The molecule has 1 aromatic carbocycles. The summed E-state index contributed by atoms with van der Waals surface area (Å²) in [4.78, 5) is 27.1. The van der Waals surface area contributed by atoms with Crippen molar-refractivity contribution in [1.29, 1.82) is 0 Å². The second-order valence-electron chi connectivity index (χ2n) is 4.49. The van der Waals surface area contributed by atoms with Crippen LogP contribution in [-0.2, 0) is 11.3 Å². The van der Waals surface area contributed by atoms with Crippen molar-refractivity contribution in [2.75, 3.05) is 0 Å². The average Bonchev–Trinajstić information content (AvgIpc) is 2.65. The maximum atomic E-state index is 11.7. The molecule has 0 spiro atoms. The Morgan fingerprint density at radius 3 is 2.63 bits per heavy atom. The van der Waals surface area contributed by atoms with Crippen LogP contribution in [0.15, 0.2) is 29.1 Å². The zero-order valence-corrected chi connectivity index (χ0v) is 10.6. The number of imidazole rings is 1. The van der Waals surface area contributed by atoms with Gasteiger partial charge < -0.3 is 4.57 Å². The lowest BCUT2D eigenvalue weighted by atomic mass is 10.3. The fourth-order valence-corrected chi connectivity index (χ4v) is 2.15. The number of benzene rings is 1. The van der Waals surface area contributed by atoms with Gasteiger partial charge in [0.15, 0.2) is 0 Å². The van der Waals surface area contributed by atoms with E-state index in [2.05, 4.69) is 10.1 Å². The van der Waals surface area contributed by atoms with Gasteiger partial charge in [-0.05, 0) is 26.0 Å². The standard InChI is InChI=1S/C13H12N4O2/c1-8(18)7-16-10-5-3-4-6-11(10)17-13(16)14-12(19)9(2)15-17/h3-6H,7H2,1-2H3. The van der Waals surface area contributed by atoms with Crippen molar-refractivity contribution in [3.05, 3.63) is 40.3 Å². The summed E-state index contributed by atoms with van der Waals surface area (Å²) in [7, 11) is 0. The van der Waals surface area contributed by atoms with Crippen LogP contribution in [0.5, 0.6) is 0 Å². The SMILES string of the molecule is CC(=O)Cn1c2ccccc2n2nc(C)c(=O)nc12. The van der Waals surface area contributed by atoms with Crippen LogP contribution in [0.2, 0.25) is 0 Å². The summed E-state index contributed by atoms with van der Waals surface area (Å²) >= 11 is 0. The van der Waals surface area contributed by atoms with Crippen LogP contribution in [0.3, 0.4) is 0 Å². The zero-order chi connectivity index (χ0) is 13.6. The summed E-state index contributed by atoms with van der Waals surface area (Å²) in [6, 6.07) is 7.53. The Hall–Kier alpha value is -2.50. The highest BCUT2D eigenvalue weighted by Crippen LogP contribution is 2.17. The van der Waals surface area contributed by atoms with E-state index in [1.807, 2.05) is 24.3 Å². The van der Waals surface area contributed by atoms with Gasteiger partial charge in [-0.1, -0.05) is 12.1 Å². The van der Waals surface area contributed by atoms with Crippen LogP contribution in [-0.4, -0.2) is 24.9 Å². The molecular weight excluding hydrogens is 244 g/mol. The Kier molecular flexibility index (Phi) is 2.45. The highest BCUT2D eigenvalue weighted by Gasteiger charge is 2.14. The lowest BCUT2D eigenvalue weighted by Crippen LogP contribution is -2.18. The molecule has 3 rings (SSSR count). The van der Waals surface area contributed by atoms with Gasteiger partial charge in [-0.2, -0.15) is 14.6 Å². The van der Waals surface area contributed by atoms with Crippen LogP contribution in [0.4, 0.5) is 0 Å². The van der Waals surface area contributed by atoms with Gasteiger partial charge in [0, 0.05) is 0 Å². The van der Waals surface area contributed by atoms with Crippen LogP contribution in [0, 0.1) is 6.92 Å². The summed E-state index contributed by atoms with van der Waals surface area (Å²) in [5.41, 5.74) is 1.63. The molecule has 0 saturated carbocycles. The molecule has 6 heteroatoms. The second-order valence-corrected chi connectivity index (χ2v) is 4.49. The molecule has 6 nitrogen and oxygen atoms in total. The van der Waals surface area contributed by atoms with Crippen molar-refractivity contribution in [3.8, 4) is 0 Å². The molecule has 0 fully saturated rings. The van der Waals surface area contributed by atoms with Crippen molar-refractivity contribution in [1.82, 2.24) is 19.2 Å². The molecule has 0 aliphatic carbocycles. The number of ketones is 1. The van der Waals surface area contributed by atoms with E-state index in [1.54, 1.807) is 16.0 Å². The number of para-hydroxylation sites is 2. The van der Waals surface area contributed by atoms with Gasteiger partial charge >= 0.3 is 0 Å². The van der Waals surface area contributed by atoms with Crippen LogP contribution >= 0.6 is 0 Å². The zero-order valence-electron chi connectivity index (χ0n) is 10.6. The Bertz CT molecular complexity index is 860. The lowest BCUT2D eigenvalue weighted by Gasteiger charge is -2.01. The first-order chi connectivity index (χ1) is 9.08. The Balaban J connectivity index is 2.51.